The van der Waals surface area contributed by atoms with E-state index in [0.717, 1.165) is 0 Å². The number of hydrogen-bond acceptors (Lipinski definition) is 4. The second-order valence-electron chi connectivity index (χ2n) is 1.93. The Morgan fingerprint density at radius 3 is 3.09 bits per heavy atom. The molecule has 2 heterocycles. The number of rotatable bonds is 0. The van der Waals surface area contributed by atoms with Crippen LogP contribution < -0.4 is 0 Å². The minimum absolute atomic E-state index is 0.443. The molecule has 0 spiro atoms. The average molecular weight is 145 g/mol. The van der Waals surface area contributed by atoms with Crippen molar-refractivity contribution in [2.45, 2.75) is 0 Å². The van der Waals surface area contributed by atoms with Gasteiger partial charge >= 0.3 is 0 Å². The molecule has 2 aromatic heterocycles. The Bertz CT molecular complexity index is 424. The second-order valence-corrected chi connectivity index (χ2v) is 1.93. The molecule has 0 saturated heterocycles. The van der Waals surface area contributed by atoms with Gasteiger partial charge in [0.05, 0.1) is 12.4 Å². The summed E-state index contributed by atoms with van der Waals surface area (Å²) in [7, 11) is 0. The molecule has 11 heavy (non-hydrogen) atoms. The summed E-state index contributed by atoms with van der Waals surface area (Å²) in [5, 5.41) is 16.2. The Balaban J connectivity index is 2.89. The lowest BCUT2D eigenvalue weighted by Gasteiger charge is -1.86. The zero-order valence-electron chi connectivity index (χ0n) is 5.47. The zero-order valence-corrected chi connectivity index (χ0v) is 5.47. The van der Waals surface area contributed by atoms with Gasteiger partial charge in [0.15, 0.2) is 5.65 Å². The van der Waals surface area contributed by atoms with Gasteiger partial charge in [0, 0.05) is 6.20 Å². The highest BCUT2D eigenvalue weighted by Gasteiger charge is 2.02. The minimum Gasteiger partial charge on any atom is -0.233 e. The molecule has 52 valence electrons. The Hall–Kier alpha value is -1.96. The maximum absolute atomic E-state index is 8.55. The maximum Gasteiger partial charge on any atom is 0.193 e. The van der Waals surface area contributed by atoms with Gasteiger partial charge in [-0.3, -0.25) is 0 Å². The van der Waals surface area contributed by atoms with Crippen LogP contribution in [0, 0.1) is 11.3 Å². The third kappa shape index (κ3) is 0.730. The summed E-state index contributed by atoms with van der Waals surface area (Å²) in [6.07, 6.45) is 4.48. The Morgan fingerprint density at radius 2 is 2.27 bits per heavy atom. The van der Waals surface area contributed by atoms with Gasteiger partial charge in [-0.05, 0) is 0 Å². The summed E-state index contributed by atoms with van der Waals surface area (Å²) in [4.78, 5) is 3.93. The molecule has 0 aromatic carbocycles. The highest BCUT2D eigenvalue weighted by atomic mass is 15.4. The van der Waals surface area contributed by atoms with Crippen LogP contribution in [0.15, 0.2) is 18.6 Å². The van der Waals surface area contributed by atoms with Crippen LogP contribution in [-0.4, -0.2) is 19.8 Å². The normalized spacial score (nSPS) is 9.73. The standard InChI is InChI=1S/C6H3N5/c7-3-5-4-10-11-6(5)8-1-2-9-11/h1-2,4H. The third-order valence-corrected chi connectivity index (χ3v) is 1.29. The molecule has 0 unspecified atom stereocenters. The van der Waals surface area contributed by atoms with E-state index in [1.54, 1.807) is 0 Å². The fraction of sp³-hybridized carbons (Fsp3) is 0. The van der Waals surface area contributed by atoms with E-state index < -0.39 is 0 Å². The van der Waals surface area contributed by atoms with Gasteiger partial charge in [0.25, 0.3) is 0 Å². The summed E-state index contributed by atoms with van der Waals surface area (Å²) in [6.45, 7) is 0. The van der Waals surface area contributed by atoms with Crippen molar-refractivity contribution in [2.75, 3.05) is 0 Å². The number of nitrogens with zero attached hydrogens (tertiary/aromatic N) is 5. The van der Waals surface area contributed by atoms with Crippen molar-refractivity contribution >= 4 is 5.65 Å². The van der Waals surface area contributed by atoms with Gasteiger partial charge in [0.1, 0.15) is 11.6 Å². The van der Waals surface area contributed by atoms with E-state index >= 15 is 0 Å². The summed E-state index contributed by atoms with van der Waals surface area (Å²) in [5.41, 5.74) is 0.938. The molecule has 0 N–H and O–H groups in total. The van der Waals surface area contributed by atoms with E-state index in [4.69, 9.17) is 5.26 Å². The highest BCUT2D eigenvalue weighted by Crippen LogP contribution is 2.01. The number of fused-ring (bicyclic) bond motifs is 1. The molecule has 2 rings (SSSR count). The molecular weight excluding hydrogens is 142 g/mol. The lowest BCUT2D eigenvalue weighted by atomic mass is 10.4. The molecule has 5 heteroatoms. The van der Waals surface area contributed by atoms with Gasteiger partial charge in [-0.2, -0.15) is 15.5 Å². The third-order valence-electron chi connectivity index (χ3n) is 1.29. The zero-order chi connectivity index (χ0) is 7.68. The minimum atomic E-state index is 0.443. The molecule has 5 nitrogen and oxygen atoms in total. The van der Waals surface area contributed by atoms with Crippen LogP contribution in [0.3, 0.4) is 0 Å². The second kappa shape index (κ2) is 2.02. The lowest BCUT2D eigenvalue weighted by molar-refractivity contribution is 0.782. The van der Waals surface area contributed by atoms with E-state index in [-0.39, 0.29) is 0 Å². The largest absolute Gasteiger partial charge is 0.233 e. The van der Waals surface area contributed by atoms with Crippen molar-refractivity contribution < 1.29 is 0 Å². The van der Waals surface area contributed by atoms with Crippen molar-refractivity contribution in [1.82, 2.24) is 19.8 Å². The first-order valence-electron chi connectivity index (χ1n) is 2.97. The predicted octanol–water partition coefficient (Wildman–Crippen LogP) is -0.00402. The van der Waals surface area contributed by atoms with E-state index in [0.29, 0.717) is 11.2 Å². The average Bonchev–Trinajstić information content (AvgIpc) is 2.47. The molecule has 2 aromatic rings. The Labute approximate surface area is 61.9 Å². The van der Waals surface area contributed by atoms with Gasteiger partial charge in [-0.1, -0.05) is 0 Å². The van der Waals surface area contributed by atoms with Crippen molar-refractivity contribution in [3.63, 3.8) is 0 Å². The molecule has 0 radical (unpaired) electrons. The van der Waals surface area contributed by atoms with Crippen molar-refractivity contribution in [3.8, 4) is 6.07 Å². The Kier molecular flexibility index (Phi) is 1.07. The molecule has 0 saturated carbocycles. The first kappa shape index (κ1) is 5.80. The van der Waals surface area contributed by atoms with Crippen molar-refractivity contribution in [3.05, 3.63) is 24.2 Å². The molecule has 0 atom stereocenters. The molecule has 0 amide bonds. The van der Waals surface area contributed by atoms with Crippen LogP contribution >= 0.6 is 0 Å². The number of hydrogen-bond donors (Lipinski definition) is 0. The molecule has 0 aliphatic heterocycles. The topological polar surface area (TPSA) is 66.9 Å². The van der Waals surface area contributed by atoms with Crippen LogP contribution in [0.5, 0.6) is 0 Å². The van der Waals surface area contributed by atoms with E-state index in [1.165, 1.54) is 23.2 Å². The van der Waals surface area contributed by atoms with Gasteiger partial charge < -0.3 is 0 Å². The van der Waals surface area contributed by atoms with Crippen LogP contribution in [-0.2, 0) is 0 Å². The van der Waals surface area contributed by atoms with Gasteiger partial charge in [-0.25, -0.2) is 4.98 Å². The smallest absolute Gasteiger partial charge is 0.193 e. The van der Waals surface area contributed by atoms with Crippen LogP contribution in [0.4, 0.5) is 0 Å². The lowest BCUT2D eigenvalue weighted by Crippen LogP contribution is -1.93. The first-order chi connectivity index (χ1) is 5.42. The Morgan fingerprint density at radius 1 is 1.36 bits per heavy atom. The van der Waals surface area contributed by atoms with Gasteiger partial charge in [0.2, 0.25) is 0 Å². The summed E-state index contributed by atoms with van der Waals surface area (Å²) in [5.74, 6) is 0. The predicted molar refractivity (Wildman–Crippen MR) is 35.5 cm³/mol. The first-order valence-corrected chi connectivity index (χ1v) is 2.97. The van der Waals surface area contributed by atoms with Crippen molar-refractivity contribution in [1.29, 1.82) is 5.26 Å². The SMILES string of the molecule is N#Cc1cnn2nccnc12. The molecule has 0 bridgehead atoms. The van der Waals surface area contributed by atoms with E-state index in [2.05, 4.69) is 15.2 Å². The summed E-state index contributed by atoms with van der Waals surface area (Å²) >= 11 is 0. The monoisotopic (exact) mass is 145 g/mol. The molecule has 0 fully saturated rings. The highest BCUT2D eigenvalue weighted by molar-refractivity contribution is 5.52. The maximum atomic E-state index is 8.55. The van der Waals surface area contributed by atoms with Crippen LogP contribution in [0.2, 0.25) is 0 Å². The number of aromatic nitrogens is 4. The number of nitriles is 1. The van der Waals surface area contributed by atoms with E-state index in [1.807, 2.05) is 6.07 Å². The van der Waals surface area contributed by atoms with Crippen molar-refractivity contribution in [2.24, 2.45) is 0 Å². The summed E-state index contributed by atoms with van der Waals surface area (Å²) in [6, 6.07) is 1.96. The van der Waals surface area contributed by atoms with Crippen LogP contribution in [0.25, 0.3) is 5.65 Å². The van der Waals surface area contributed by atoms with Gasteiger partial charge in [-0.15, -0.1) is 4.63 Å². The fourth-order valence-electron chi connectivity index (χ4n) is 0.814. The molecular formula is C6H3N5. The summed E-state index contributed by atoms with van der Waals surface area (Å²) < 4.78 is 1.32. The van der Waals surface area contributed by atoms with Crippen LogP contribution in [0.1, 0.15) is 5.56 Å². The molecule has 0 aliphatic rings. The quantitative estimate of drug-likeness (QED) is 0.523. The molecule has 0 aliphatic carbocycles. The fourth-order valence-corrected chi connectivity index (χ4v) is 0.814. The van der Waals surface area contributed by atoms with E-state index in [9.17, 15) is 0 Å².